The van der Waals surface area contributed by atoms with E-state index >= 15 is 0 Å². The molecule has 7 nitrogen and oxygen atoms in total. The third kappa shape index (κ3) is 3.47. The lowest BCUT2D eigenvalue weighted by Gasteiger charge is -2.14. The Bertz CT molecular complexity index is 955. The lowest BCUT2D eigenvalue weighted by Crippen LogP contribution is -2.08. The van der Waals surface area contributed by atoms with E-state index in [4.69, 9.17) is 25.8 Å². The monoisotopic (exact) mass is 393 g/mol. The summed E-state index contributed by atoms with van der Waals surface area (Å²) >= 11 is 7.57. The summed E-state index contributed by atoms with van der Waals surface area (Å²) in [6, 6.07) is 3.30. The average molecular weight is 394 g/mol. The van der Waals surface area contributed by atoms with Crippen LogP contribution in [0.4, 0.5) is 5.69 Å². The first-order valence-corrected chi connectivity index (χ1v) is 8.73. The fourth-order valence-electron chi connectivity index (χ4n) is 2.42. The van der Waals surface area contributed by atoms with Gasteiger partial charge in [-0.2, -0.15) is 0 Å². The molecular formula is C17H16ClN3O4S. The number of nitrogens with one attached hydrogen (secondary N) is 1. The third-order valence-corrected chi connectivity index (χ3v) is 4.61. The van der Waals surface area contributed by atoms with Gasteiger partial charge in [-0.15, -0.1) is 11.3 Å². The Morgan fingerprint density at radius 3 is 2.54 bits per heavy atom. The number of amides is 1. The highest BCUT2D eigenvalue weighted by atomic mass is 35.5. The molecule has 9 heteroatoms. The van der Waals surface area contributed by atoms with Crippen LogP contribution in [0, 0.1) is 0 Å². The van der Waals surface area contributed by atoms with Crippen LogP contribution in [0.25, 0.3) is 11.0 Å². The first kappa shape index (κ1) is 18.1. The molecule has 0 radical (unpaired) electrons. The van der Waals surface area contributed by atoms with Crippen LogP contribution in [-0.4, -0.2) is 36.6 Å². The van der Waals surface area contributed by atoms with Crippen molar-refractivity contribution in [3.05, 3.63) is 40.6 Å². The number of anilines is 1. The van der Waals surface area contributed by atoms with Crippen LogP contribution in [0.2, 0.25) is 5.15 Å². The van der Waals surface area contributed by atoms with Crippen LogP contribution in [0.5, 0.6) is 17.2 Å². The van der Waals surface area contributed by atoms with Gasteiger partial charge in [-0.25, -0.2) is 4.98 Å². The maximum Gasteiger partial charge on any atom is 0.248 e. The van der Waals surface area contributed by atoms with E-state index in [1.165, 1.54) is 38.7 Å². The number of nitrogens with zero attached hydrogens (tertiary/aromatic N) is 2. The average Bonchev–Trinajstić information content (AvgIpc) is 3.19. The van der Waals surface area contributed by atoms with E-state index in [1.807, 2.05) is 16.0 Å². The molecule has 0 bridgehead atoms. The molecule has 0 unspecified atom stereocenters. The predicted octanol–water partition coefficient (Wildman–Crippen LogP) is 3.73. The quantitative estimate of drug-likeness (QED) is 0.646. The summed E-state index contributed by atoms with van der Waals surface area (Å²) < 4.78 is 17.6. The molecule has 3 aromatic rings. The normalized spacial score (nSPS) is 11.1. The number of carbonyl (C=O) groups excluding carboxylic acids is 1. The number of carbonyl (C=O) groups is 1. The largest absolute Gasteiger partial charge is 0.493 e. The van der Waals surface area contributed by atoms with E-state index in [1.54, 1.807) is 18.2 Å². The lowest BCUT2D eigenvalue weighted by atomic mass is 10.2. The summed E-state index contributed by atoms with van der Waals surface area (Å²) in [4.78, 5) is 17.2. The maximum atomic E-state index is 12.3. The summed E-state index contributed by atoms with van der Waals surface area (Å²) in [5.41, 5.74) is 1.15. The highest BCUT2D eigenvalue weighted by molar-refractivity contribution is 7.15. The minimum absolute atomic E-state index is 0.333. The third-order valence-electron chi connectivity index (χ3n) is 3.58. The maximum absolute atomic E-state index is 12.3. The van der Waals surface area contributed by atoms with E-state index in [-0.39, 0.29) is 5.91 Å². The number of aromatic nitrogens is 2. The molecule has 3 rings (SSSR count). The molecule has 0 atom stereocenters. The van der Waals surface area contributed by atoms with E-state index in [0.29, 0.717) is 33.8 Å². The zero-order valence-corrected chi connectivity index (χ0v) is 15.9. The second-order valence-electron chi connectivity index (χ2n) is 5.08. The van der Waals surface area contributed by atoms with Gasteiger partial charge in [-0.05, 0) is 6.08 Å². The van der Waals surface area contributed by atoms with Crippen LogP contribution in [-0.2, 0) is 4.79 Å². The highest BCUT2D eigenvalue weighted by Crippen LogP contribution is 2.39. The van der Waals surface area contributed by atoms with Gasteiger partial charge in [0, 0.05) is 35.5 Å². The molecule has 0 aliphatic rings. The van der Waals surface area contributed by atoms with Gasteiger partial charge >= 0.3 is 0 Å². The summed E-state index contributed by atoms with van der Waals surface area (Å²) in [5, 5.41) is 4.99. The molecular weight excluding hydrogens is 378 g/mol. The van der Waals surface area contributed by atoms with Gasteiger partial charge in [0.05, 0.1) is 27.0 Å². The van der Waals surface area contributed by atoms with Crippen molar-refractivity contribution in [1.82, 2.24) is 9.38 Å². The fraction of sp³-hybridized carbons (Fsp3) is 0.176. The topological polar surface area (TPSA) is 74.1 Å². The molecule has 1 N–H and O–H groups in total. The van der Waals surface area contributed by atoms with Crippen molar-refractivity contribution in [2.24, 2.45) is 0 Å². The van der Waals surface area contributed by atoms with Crippen LogP contribution in [0.15, 0.2) is 29.8 Å². The number of rotatable bonds is 6. The molecule has 2 heterocycles. The van der Waals surface area contributed by atoms with Crippen molar-refractivity contribution in [3.8, 4) is 17.2 Å². The number of halogens is 1. The Labute approximate surface area is 158 Å². The number of hydrogen-bond donors (Lipinski definition) is 1. The van der Waals surface area contributed by atoms with Gasteiger partial charge < -0.3 is 19.5 Å². The number of thiazole rings is 1. The second-order valence-corrected chi connectivity index (χ2v) is 6.31. The molecule has 0 spiro atoms. The van der Waals surface area contributed by atoms with Crippen LogP contribution in [0.1, 0.15) is 5.69 Å². The predicted molar refractivity (Wildman–Crippen MR) is 102 cm³/mol. The molecule has 136 valence electrons. The molecule has 1 aromatic carbocycles. The van der Waals surface area contributed by atoms with Crippen LogP contribution >= 0.6 is 22.9 Å². The number of hydrogen-bond acceptors (Lipinski definition) is 6. The molecule has 1 amide bonds. The van der Waals surface area contributed by atoms with Crippen LogP contribution < -0.4 is 19.5 Å². The summed E-state index contributed by atoms with van der Waals surface area (Å²) in [6.07, 6.45) is 4.84. The Morgan fingerprint density at radius 1 is 1.23 bits per heavy atom. The van der Waals surface area contributed by atoms with E-state index < -0.39 is 0 Å². The van der Waals surface area contributed by atoms with Crippen molar-refractivity contribution >= 4 is 45.6 Å². The Kier molecular flexibility index (Phi) is 5.34. The van der Waals surface area contributed by atoms with Gasteiger partial charge in [-0.1, -0.05) is 11.6 Å². The summed E-state index contributed by atoms with van der Waals surface area (Å²) in [5.74, 6) is 1.02. The first-order chi connectivity index (χ1) is 12.6. The molecule has 0 fully saturated rings. The number of benzene rings is 1. The van der Waals surface area contributed by atoms with Gasteiger partial charge in [0.2, 0.25) is 11.7 Å². The van der Waals surface area contributed by atoms with Gasteiger partial charge in [0.1, 0.15) is 0 Å². The number of methoxy groups -OCH3 is 3. The number of fused-ring (bicyclic) bond motifs is 1. The number of ether oxygens (including phenoxy) is 3. The van der Waals surface area contributed by atoms with E-state index in [9.17, 15) is 4.79 Å². The summed E-state index contributed by atoms with van der Waals surface area (Å²) in [7, 11) is 4.54. The fourth-order valence-corrected chi connectivity index (χ4v) is 3.42. The Hall–Kier alpha value is -2.71. The van der Waals surface area contributed by atoms with Crippen molar-refractivity contribution in [1.29, 1.82) is 0 Å². The molecule has 26 heavy (non-hydrogen) atoms. The van der Waals surface area contributed by atoms with Crippen molar-refractivity contribution in [2.45, 2.75) is 0 Å². The molecule has 0 aliphatic heterocycles. The van der Waals surface area contributed by atoms with Crippen LogP contribution in [0.3, 0.4) is 0 Å². The molecule has 0 saturated carbocycles. The molecule has 2 aromatic heterocycles. The lowest BCUT2D eigenvalue weighted by molar-refractivity contribution is -0.111. The van der Waals surface area contributed by atoms with Gasteiger partial charge in [0.15, 0.2) is 21.6 Å². The molecule has 0 aliphatic carbocycles. The van der Waals surface area contributed by atoms with Crippen molar-refractivity contribution < 1.29 is 19.0 Å². The Balaban J connectivity index is 1.81. The second kappa shape index (κ2) is 7.67. The van der Waals surface area contributed by atoms with Gasteiger partial charge in [-0.3, -0.25) is 9.20 Å². The first-order valence-electron chi connectivity index (χ1n) is 7.47. The SMILES string of the molecule is COc1cc(NC(=O)/C=C/c2c(Cl)nc3sccn23)cc(OC)c1OC. The zero-order valence-electron chi connectivity index (χ0n) is 14.3. The standard InChI is InChI=1S/C17H16ClN3O4S/c1-23-12-8-10(9-13(24-2)15(12)25-3)19-14(22)5-4-11-16(18)20-17-21(11)6-7-26-17/h4-9H,1-3H3,(H,19,22)/b5-4+. The smallest absolute Gasteiger partial charge is 0.248 e. The van der Waals surface area contributed by atoms with E-state index in [2.05, 4.69) is 10.3 Å². The van der Waals surface area contributed by atoms with Crippen molar-refractivity contribution in [2.75, 3.05) is 26.6 Å². The minimum Gasteiger partial charge on any atom is -0.493 e. The van der Waals surface area contributed by atoms with Gasteiger partial charge in [0.25, 0.3) is 0 Å². The Morgan fingerprint density at radius 2 is 1.92 bits per heavy atom. The summed E-state index contributed by atoms with van der Waals surface area (Å²) in [6.45, 7) is 0. The van der Waals surface area contributed by atoms with E-state index in [0.717, 1.165) is 4.96 Å². The highest BCUT2D eigenvalue weighted by Gasteiger charge is 2.14. The zero-order chi connectivity index (χ0) is 18.7. The number of imidazole rings is 1. The minimum atomic E-state index is -0.333. The molecule has 0 saturated heterocycles. The van der Waals surface area contributed by atoms with Crippen molar-refractivity contribution in [3.63, 3.8) is 0 Å².